The molecule has 0 bridgehead atoms. The number of hydrogen-bond donors (Lipinski definition) is 4. The molecule has 0 aliphatic heterocycles. The van der Waals surface area contributed by atoms with Crippen molar-refractivity contribution in [1.29, 1.82) is 0 Å². The van der Waals surface area contributed by atoms with Crippen LogP contribution in [0, 0.1) is 0 Å². The fourth-order valence-corrected chi connectivity index (χ4v) is 3.32. The number of carbonyl (C=O) groups excluding carboxylic acids is 2. The van der Waals surface area contributed by atoms with Crippen LogP contribution in [0.15, 0.2) is 12.1 Å². The molecule has 0 radical (unpaired) electrons. The molecule has 26 heavy (non-hydrogen) atoms. The highest BCUT2D eigenvalue weighted by molar-refractivity contribution is 6.02. The lowest BCUT2D eigenvalue weighted by molar-refractivity contribution is 0.0998. The minimum absolute atomic E-state index is 0.407. The third-order valence-electron chi connectivity index (χ3n) is 4.69. The van der Waals surface area contributed by atoms with Gasteiger partial charge in [-0.1, -0.05) is 31.7 Å². The van der Waals surface area contributed by atoms with Gasteiger partial charge >= 0.3 is 0 Å². The van der Waals surface area contributed by atoms with Gasteiger partial charge in [0.1, 0.15) is 0 Å². The monoisotopic (exact) mass is 362 g/mol. The Kier molecular flexibility index (Phi) is 10.6. The Hall–Kier alpha value is -1.92. The number of unbranched alkanes of at least 4 members (excludes halogenated alkanes) is 6. The quantitative estimate of drug-likeness (QED) is 0.376. The summed E-state index contributed by atoms with van der Waals surface area (Å²) in [4.78, 5) is 23.9. The summed E-state index contributed by atoms with van der Waals surface area (Å²) in [5, 5.41) is 0. The zero-order valence-electron chi connectivity index (χ0n) is 15.8. The molecule has 2 amide bonds. The molecule has 8 N–H and O–H groups in total. The summed E-state index contributed by atoms with van der Waals surface area (Å²) in [6, 6.07) is 3.56. The topological polar surface area (TPSA) is 138 Å². The van der Waals surface area contributed by atoms with Crippen molar-refractivity contribution in [2.24, 2.45) is 22.9 Å². The van der Waals surface area contributed by atoms with Crippen LogP contribution in [0.25, 0.3) is 0 Å². The van der Waals surface area contributed by atoms with Gasteiger partial charge in [-0.2, -0.15) is 0 Å². The number of aryl methyl sites for hydroxylation is 1. The van der Waals surface area contributed by atoms with Crippen LogP contribution in [-0.2, 0) is 12.8 Å². The maximum absolute atomic E-state index is 12.1. The van der Waals surface area contributed by atoms with Crippen LogP contribution in [0.4, 0.5) is 0 Å². The fraction of sp³-hybridized carbons (Fsp3) is 0.600. The number of rotatable bonds is 14. The van der Waals surface area contributed by atoms with Crippen molar-refractivity contribution < 1.29 is 9.59 Å². The molecule has 0 aromatic heterocycles. The summed E-state index contributed by atoms with van der Waals surface area (Å²) in [7, 11) is 0. The Balaban J connectivity index is 2.95. The van der Waals surface area contributed by atoms with Crippen molar-refractivity contribution in [2.75, 3.05) is 13.1 Å². The van der Waals surface area contributed by atoms with Crippen molar-refractivity contribution >= 4 is 11.8 Å². The molecule has 0 aliphatic rings. The Morgan fingerprint density at radius 1 is 0.692 bits per heavy atom. The number of nitrogens with two attached hydrogens (primary N) is 4. The van der Waals surface area contributed by atoms with Crippen LogP contribution in [0.2, 0.25) is 0 Å². The summed E-state index contributed by atoms with van der Waals surface area (Å²) in [5.41, 5.74) is 24.7. The molecular weight excluding hydrogens is 328 g/mol. The average molecular weight is 363 g/mol. The molecule has 0 saturated heterocycles. The van der Waals surface area contributed by atoms with Gasteiger partial charge in [-0.3, -0.25) is 9.59 Å². The van der Waals surface area contributed by atoms with E-state index in [1.165, 1.54) is 0 Å². The number of benzene rings is 1. The van der Waals surface area contributed by atoms with Gasteiger partial charge in [-0.15, -0.1) is 0 Å². The predicted octanol–water partition coefficient (Wildman–Crippen LogP) is 2.01. The highest BCUT2D eigenvalue weighted by atomic mass is 16.1. The molecule has 0 atom stereocenters. The average Bonchev–Trinajstić information content (AvgIpc) is 2.60. The van der Waals surface area contributed by atoms with Crippen LogP contribution in [0.3, 0.4) is 0 Å². The number of hydrogen-bond acceptors (Lipinski definition) is 4. The first-order valence-electron chi connectivity index (χ1n) is 9.67. The first kappa shape index (κ1) is 22.1. The van der Waals surface area contributed by atoms with Crippen molar-refractivity contribution in [3.05, 3.63) is 34.4 Å². The van der Waals surface area contributed by atoms with Gasteiger partial charge < -0.3 is 22.9 Å². The molecule has 0 aliphatic carbocycles. The standard InChI is InChI=1S/C20H34N4O2/c21-13-7-3-1-5-9-15-11-12-17(19(23)25)16(18(15)20(24)26)10-6-2-4-8-14-22/h11-12H,1-10,13-14,21-22H2,(H2,23,25)(H2,24,26). The lowest BCUT2D eigenvalue weighted by Gasteiger charge is -2.16. The second-order valence-corrected chi connectivity index (χ2v) is 6.76. The maximum atomic E-state index is 12.1. The van der Waals surface area contributed by atoms with E-state index in [0.717, 1.165) is 63.4 Å². The van der Waals surface area contributed by atoms with E-state index in [2.05, 4.69) is 0 Å². The van der Waals surface area contributed by atoms with Gasteiger partial charge in [-0.25, -0.2) is 0 Å². The van der Waals surface area contributed by atoms with E-state index in [4.69, 9.17) is 22.9 Å². The van der Waals surface area contributed by atoms with Crippen molar-refractivity contribution in [3.63, 3.8) is 0 Å². The zero-order chi connectivity index (χ0) is 19.4. The first-order chi connectivity index (χ1) is 12.5. The summed E-state index contributed by atoms with van der Waals surface area (Å²) < 4.78 is 0. The minimum Gasteiger partial charge on any atom is -0.366 e. The van der Waals surface area contributed by atoms with Crippen molar-refractivity contribution in [1.82, 2.24) is 0 Å². The Morgan fingerprint density at radius 2 is 1.23 bits per heavy atom. The first-order valence-corrected chi connectivity index (χ1v) is 9.67. The minimum atomic E-state index is -0.515. The van der Waals surface area contributed by atoms with Crippen molar-refractivity contribution in [2.45, 2.75) is 64.2 Å². The molecule has 1 aromatic carbocycles. The van der Waals surface area contributed by atoms with E-state index in [1.54, 1.807) is 6.07 Å². The van der Waals surface area contributed by atoms with Gasteiger partial charge in [-0.05, 0) is 68.8 Å². The highest BCUT2D eigenvalue weighted by Crippen LogP contribution is 2.24. The van der Waals surface area contributed by atoms with Crippen LogP contribution in [0.5, 0.6) is 0 Å². The third kappa shape index (κ3) is 7.14. The van der Waals surface area contributed by atoms with E-state index in [9.17, 15) is 9.59 Å². The SMILES string of the molecule is NCCCCCCc1ccc(C(N)=O)c(CCCCCCN)c1C(N)=O. The fourth-order valence-electron chi connectivity index (χ4n) is 3.32. The maximum Gasteiger partial charge on any atom is 0.249 e. The molecule has 1 rings (SSSR count). The van der Waals surface area contributed by atoms with Crippen LogP contribution in [0.1, 0.15) is 83.2 Å². The smallest absolute Gasteiger partial charge is 0.249 e. The van der Waals surface area contributed by atoms with Crippen molar-refractivity contribution in [3.8, 4) is 0 Å². The van der Waals surface area contributed by atoms with E-state index in [1.807, 2.05) is 6.07 Å². The number of carbonyl (C=O) groups is 2. The molecule has 0 unspecified atom stereocenters. The van der Waals surface area contributed by atoms with Gasteiger partial charge in [0.25, 0.3) is 0 Å². The molecule has 146 valence electrons. The Bertz CT molecular complexity index is 587. The van der Waals surface area contributed by atoms with E-state index < -0.39 is 11.8 Å². The molecular formula is C20H34N4O2. The largest absolute Gasteiger partial charge is 0.366 e. The molecule has 0 fully saturated rings. The normalized spacial score (nSPS) is 10.8. The summed E-state index contributed by atoms with van der Waals surface area (Å²) in [6.07, 6.45) is 9.39. The lowest BCUT2D eigenvalue weighted by atomic mass is 9.89. The lowest BCUT2D eigenvalue weighted by Crippen LogP contribution is -2.22. The van der Waals surface area contributed by atoms with Gasteiger partial charge in [0.05, 0.1) is 0 Å². The zero-order valence-corrected chi connectivity index (χ0v) is 15.8. The number of primary amides is 2. The van der Waals surface area contributed by atoms with E-state index in [0.29, 0.717) is 36.2 Å². The van der Waals surface area contributed by atoms with Gasteiger partial charge in [0.15, 0.2) is 0 Å². The molecule has 0 spiro atoms. The molecule has 0 heterocycles. The predicted molar refractivity (Wildman–Crippen MR) is 106 cm³/mol. The van der Waals surface area contributed by atoms with Gasteiger partial charge in [0.2, 0.25) is 11.8 Å². The number of amides is 2. The molecule has 0 saturated carbocycles. The van der Waals surface area contributed by atoms with Crippen LogP contribution in [-0.4, -0.2) is 24.9 Å². The summed E-state index contributed by atoms with van der Waals surface area (Å²) in [5.74, 6) is -0.999. The van der Waals surface area contributed by atoms with E-state index in [-0.39, 0.29) is 0 Å². The van der Waals surface area contributed by atoms with E-state index >= 15 is 0 Å². The third-order valence-corrected chi connectivity index (χ3v) is 4.69. The van der Waals surface area contributed by atoms with Crippen LogP contribution >= 0.6 is 0 Å². The molecule has 1 aromatic rings. The summed E-state index contributed by atoms with van der Waals surface area (Å²) in [6.45, 7) is 1.38. The second-order valence-electron chi connectivity index (χ2n) is 6.76. The Labute approximate surface area is 156 Å². The Morgan fingerprint density at radius 3 is 1.73 bits per heavy atom. The molecule has 6 nitrogen and oxygen atoms in total. The second kappa shape index (κ2) is 12.4. The van der Waals surface area contributed by atoms with Crippen LogP contribution < -0.4 is 22.9 Å². The highest BCUT2D eigenvalue weighted by Gasteiger charge is 2.19. The molecule has 6 heteroatoms. The van der Waals surface area contributed by atoms with Gasteiger partial charge in [0, 0.05) is 11.1 Å². The summed E-state index contributed by atoms with van der Waals surface area (Å²) >= 11 is 0.